The molecule has 2 amide bonds. The van der Waals surface area contributed by atoms with Crippen molar-refractivity contribution in [2.45, 2.75) is 46.1 Å². The van der Waals surface area contributed by atoms with Crippen LogP contribution in [0.2, 0.25) is 0 Å². The summed E-state index contributed by atoms with van der Waals surface area (Å²) in [7, 11) is 2.96. The maximum absolute atomic E-state index is 12.9. The van der Waals surface area contributed by atoms with E-state index in [0.717, 1.165) is 25.0 Å². The minimum atomic E-state index is -0.684. The molecule has 34 heavy (non-hydrogen) atoms. The molecule has 184 valence electrons. The molecule has 8 heteroatoms. The Kier molecular flexibility index (Phi) is 10.9. The number of hydrogen-bond acceptors (Lipinski definition) is 6. The molecule has 2 N–H and O–H groups in total. The van der Waals surface area contributed by atoms with Gasteiger partial charge in [0.1, 0.15) is 17.2 Å². The van der Waals surface area contributed by atoms with Gasteiger partial charge in [-0.05, 0) is 69.4 Å². The fourth-order valence-corrected chi connectivity index (χ4v) is 4.26. The Morgan fingerprint density at radius 3 is 2.56 bits per heavy atom. The van der Waals surface area contributed by atoms with E-state index in [9.17, 15) is 14.4 Å². The van der Waals surface area contributed by atoms with Crippen molar-refractivity contribution in [3.8, 4) is 11.5 Å². The number of carbonyl (C=O) groups is 3. The summed E-state index contributed by atoms with van der Waals surface area (Å²) in [6.07, 6.45) is 9.80. The predicted molar refractivity (Wildman–Crippen MR) is 136 cm³/mol. The average molecular weight is 487 g/mol. The van der Waals surface area contributed by atoms with Crippen LogP contribution in [0.5, 0.6) is 11.5 Å². The summed E-state index contributed by atoms with van der Waals surface area (Å²) < 4.78 is 10.5. The first-order valence-electron chi connectivity index (χ1n) is 11.2. The van der Waals surface area contributed by atoms with E-state index in [2.05, 4.69) is 28.9 Å². The van der Waals surface area contributed by atoms with E-state index in [1.54, 1.807) is 32.9 Å². The largest absolute Gasteiger partial charge is 0.497 e. The second-order valence-electron chi connectivity index (χ2n) is 8.16. The van der Waals surface area contributed by atoms with Crippen LogP contribution < -0.4 is 20.1 Å². The van der Waals surface area contributed by atoms with Gasteiger partial charge < -0.3 is 20.1 Å². The Labute approximate surface area is 206 Å². The number of amides is 2. The number of ether oxygens (including phenoxy) is 2. The molecule has 0 radical (unpaired) electrons. The van der Waals surface area contributed by atoms with E-state index >= 15 is 0 Å². The number of Topliss-reactive ketones (excluding diaryl/α,β-unsaturated/α-hetero) is 1. The number of ketones is 1. The van der Waals surface area contributed by atoms with Gasteiger partial charge in [0.15, 0.2) is 5.78 Å². The molecule has 2 rings (SSSR count). The highest BCUT2D eigenvalue weighted by Gasteiger charge is 2.22. The van der Waals surface area contributed by atoms with Gasteiger partial charge in [0.2, 0.25) is 0 Å². The smallest absolute Gasteiger partial charge is 0.268 e. The van der Waals surface area contributed by atoms with Gasteiger partial charge in [0, 0.05) is 5.75 Å². The minimum Gasteiger partial charge on any atom is -0.497 e. The highest BCUT2D eigenvalue weighted by molar-refractivity contribution is 8.00. The second-order valence-corrected chi connectivity index (χ2v) is 9.15. The van der Waals surface area contributed by atoms with Crippen molar-refractivity contribution in [2.24, 2.45) is 0 Å². The molecule has 0 saturated carbocycles. The van der Waals surface area contributed by atoms with Crippen molar-refractivity contribution in [3.63, 3.8) is 0 Å². The lowest BCUT2D eigenvalue weighted by molar-refractivity contribution is -0.124. The van der Waals surface area contributed by atoms with Crippen molar-refractivity contribution in [1.29, 1.82) is 0 Å². The summed E-state index contributed by atoms with van der Waals surface area (Å²) in [6.45, 7) is 5.09. The Bertz CT molecular complexity index is 993. The first-order valence-corrected chi connectivity index (χ1v) is 12.4. The van der Waals surface area contributed by atoms with E-state index < -0.39 is 17.9 Å². The van der Waals surface area contributed by atoms with E-state index in [-0.39, 0.29) is 17.0 Å². The fraction of sp³-hybridized carbons (Fsp3) is 0.423. The number of benzene rings is 1. The number of carbonyl (C=O) groups excluding carboxylic acids is 3. The van der Waals surface area contributed by atoms with Crippen LogP contribution in [-0.4, -0.2) is 49.4 Å². The van der Waals surface area contributed by atoms with Gasteiger partial charge in [-0.2, -0.15) is 0 Å². The molecule has 1 aromatic carbocycles. The Hall–Kier alpha value is -3.00. The number of allylic oxidation sites excluding steroid dienone is 4. The molecule has 1 aliphatic rings. The average Bonchev–Trinajstić information content (AvgIpc) is 3.10. The molecule has 0 fully saturated rings. The highest BCUT2D eigenvalue weighted by atomic mass is 32.2. The fourth-order valence-electron chi connectivity index (χ4n) is 3.26. The van der Waals surface area contributed by atoms with Gasteiger partial charge in [-0.1, -0.05) is 18.2 Å². The number of hydrogen-bond donors (Lipinski definition) is 2. The number of rotatable bonds is 11. The van der Waals surface area contributed by atoms with Crippen molar-refractivity contribution >= 4 is 29.4 Å². The predicted octanol–water partition coefficient (Wildman–Crippen LogP) is 4.20. The van der Waals surface area contributed by atoms with Crippen molar-refractivity contribution < 1.29 is 23.9 Å². The SMILES string of the molecule is COc1ccc(OC)c(C(=O)NC(C(=O)N[C@@H](C)C(=O)CSCC2=CCCCC=C2)=C(C)C)c1. The van der Waals surface area contributed by atoms with Gasteiger partial charge in [-0.3, -0.25) is 14.4 Å². The Balaban J connectivity index is 1.98. The molecule has 1 aliphatic carbocycles. The highest BCUT2D eigenvalue weighted by Crippen LogP contribution is 2.24. The number of thioether (sulfide) groups is 1. The molecular formula is C26H34N2O5S. The summed E-state index contributed by atoms with van der Waals surface area (Å²) in [5.74, 6) is 0.791. The van der Waals surface area contributed by atoms with Gasteiger partial charge in [-0.25, -0.2) is 0 Å². The summed E-state index contributed by atoms with van der Waals surface area (Å²) in [6, 6.07) is 4.15. The van der Waals surface area contributed by atoms with Crippen LogP contribution in [0, 0.1) is 0 Å². The zero-order valence-electron chi connectivity index (χ0n) is 20.5. The molecule has 0 heterocycles. The summed E-state index contributed by atoms with van der Waals surface area (Å²) in [4.78, 5) is 38.4. The topological polar surface area (TPSA) is 93.7 Å². The maximum atomic E-state index is 12.9. The molecule has 1 atom stereocenters. The van der Waals surface area contributed by atoms with Gasteiger partial charge in [0.25, 0.3) is 11.8 Å². The molecule has 7 nitrogen and oxygen atoms in total. The van der Waals surface area contributed by atoms with Gasteiger partial charge in [-0.15, -0.1) is 11.8 Å². The third-order valence-corrected chi connectivity index (χ3v) is 6.30. The lowest BCUT2D eigenvalue weighted by atomic mass is 10.1. The molecule has 0 aliphatic heterocycles. The lowest BCUT2D eigenvalue weighted by Crippen LogP contribution is -2.43. The van der Waals surface area contributed by atoms with Crippen molar-refractivity contribution in [3.05, 3.63) is 58.8 Å². The number of nitrogens with one attached hydrogen (secondary N) is 2. The number of methoxy groups -OCH3 is 2. The summed E-state index contributed by atoms with van der Waals surface area (Å²) in [5.41, 5.74) is 2.16. The molecule has 0 saturated heterocycles. The summed E-state index contributed by atoms with van der Waals surface area (Å²) in [5, 5.41) is 5.37. The molecule has 0 spiro atoms. The van der Waals surface area contributed by atoms with E-state index in [1.807, 2.05) is 0 Å². The van der Waals surface area contributed by atoms with Crippen molar-refractivity contribution in [2.75, 3.05) is 25.7 Å². The third kappa shape index (κ3) is 8.09. The Morgan fingerprint density at radius 2 is 1.88 bits per heavy atom. The van der Waals surface area contributed by atoms with E-state index in [1.165, 1.54) is 37.6 Å². The van der Waals surface area contributed by atoms with Crippen LogP contribution in [0.25, 0.3) is 0 Å². The van der Waals surface area contributed by atoms with Crippen molar-refractivity contribution in [1.82, 2.24) is 10.6 Å². The quantitative estimate of drug-likeness (QED) is 0.456. The maximum Gasteiger partial charge on any atom is 0.268 e. The molecule has 0 aromatic heterocycles. The first kappa shape index (κ1) is 27.2. The van der Waals surface area contributed by atoms with Gasteiger partial charge >= 0.3 is 0 Å². The third-order valence-electron chi connectivity index (χ3n) is 5.27. The van der Waals surface area contributed by atoms with Crippen LogP contribution in [0.1, 0.15) is 50.4 Å². The Morgan fingerprint density at radius 1 is 1.12 bits per heavy atom. The van der Waals surface area contributed by atoms with Crippen LogP contribution in [0.4, 0.5) is 0 Å². The monoisotopic (exact) mass is 486 g/mol. The van der Waals surface area contributed by atoms with Crippen LogP contribution in [0.3, 0.4) is 0 Å². The first-order chi connectivity index (χ1) is 16.3. The van der Waals surface area contributed by atoms with Crippen LogP contribution in [0.15, 0.2) is 53.3 Å². The van der Waals surface area contributed by atoms with Crippen LogP contribution in [-0.2, 0) is 9.59 Å². The zero-order chi connectivity index (χ0) is 25.1. The second kappa shape index (κ2) is 13.6. The zero-order valence-corrected chi connectivity index (χ0v) is 21.3. The standard InChI is InChI=1S/C26H34N2O5S/c1-17(2)24(28-25(30)21-14-20(32-4)12-13-23(21)33-5)26(31)27-18(3)22(29)16-34-15-19-10-8-6-7-9-11-19/h8,10-14,18H,6-7,9,15-16H2,1-5H3,(H,27,31)(H,28,30)/t18-/m0/s1. The summed E-state index contributed by atoms with van der Waals surface area (Å²) >= 11 is 1.53. The molecule has 0 unspecified atom stereocenters. The minimum absolute atomic E-state index is 0.0783. The molecular weight excluding hydrogens is 452 g/mol. The van der Waals surface area contributed by atoms with Crippen LogP contribution >= 0.6 is 11.8 Å². The normalized spacial score (nSPS) is 13.7. The molecule has 1 aromatic rings. The van der Waals surface area contributed by atoms with E-state index in [0.29, 0.717) is 22.8 Å². The van der Waals surface area contributed by atoms with E-state index in [4.69, 9.17) is 9.47 Å². The molecule has 0 bridgehead atoms. The lowest BCUT2D eigenvalue weighted by Gasteiger charge is -2.17. The van der Waals surface area contributed by atoms with Gasteiger partial charge in [0.05, 0.1) is 31.6 Å².